The standard InChI is InChI=1S/C24H29N3O/c1-15(2)19(6)25-24(28)23-14-22(20-11-10-17(4)18(5)13-20)26-27(23)21-9-7-8-16(3)12-21/h7-15,19H,1-6H3,(H,25,28). The smallest absolute Gasteiger partial charge is 0.270 e. The van der Waals surface area contributed by atoms with Gasteiger partial charge < -0.3 is 5.32 Å². The Hall–Kier alpha value is -2.88. The molecule has 1 atom stereocenters. The summed E-state index contributed by atoms with van der Waals surface area (Å²) in [6.45, 7) is 12.5. The molecule has 3 aromatic rings. The van der Waals surface area contributed by atoms with E-state index in [4.69, 9.17) is 5.10 Å². The monoisotopic (exact) mass is 375 g/mol. The third-order valence-corrected chi connectivity index (χ3v) is 5.35. The SMILES string of the molecule is Cc1cccc(-n2nc(-c3ccc(C)c(C)c3)cc2C(=O)NC(C)C(C)C)c1. The van der Waals surface area contributed by atoms with Crippen LogP contribution >= 0.6 is 0 Å². The van der Waals surface area contributed by atoms with Gasteiger partial charge in [0.25, 0.3) is 5.91 Å². The Labute approximate surface area is 167 Å². The molecule has 4 nitrogen and oxygen atoms in total. The maximum atomic E-state index is 13.0. The lowest BCUT2D eigenvalue weighted by Crippen LogP contribution is -2.37. The average molecular weight is 376 g/mol. The summed E-state index contributed by atoms with van der Waals surface area (Å²) in [5.74, 6) is 0.254. The van der Waals surface area contributed by atoms with Crippen LogP contribution in [0.15, 0.2) is 48.5 Å². The number of nitrogens with one attached hydrogen (secondary N) is 1. The Morgan fingerprint density at radius 2 is 1.71 bits per heavy atom. The van der Waals surface area contributed by atoms with Gasteiger partial charge in [-0.2, -0.15) is 5.10 Å². The molecule has 1 N–H and O–H groups in total. The molecule has 0 fully saturated rings. The van der Waals surface area contributed by atoms with Crippen LogP contribution in [0.3, 0.4) is 0 Å². The maximum absolute atomic E-state index is 13.0. The Morgan fingerprint density at radius 1 is 0.964 bits per heavy atom. The van der Waals surface area contributed by atoms with Crippen molar-refractivity contribution in [2.45, 2.75) is 47.6 Å². The fraction of sp³-hybridized carbons (Fsp3) is 0.333. The molecule has 28 heavy (non-hydrogen) atoms. The summed E-state index contributed by atoms with van der Waals surface area (Å²) in [5.41, 5.74) is 6.83. The molecule has 1 amide bonds. The zero-order chi connectivity index (χ0) is 20.4. The van der Waals surface area contributed by atoms with Gasteiger partial charge in [0, 0.05) is 11.6 Å². The van der Waals surface area contributed by atoms with Crippen molar-refractivity contribution in [3.8, 4) is 16.9 Å². The number of hydrogen-bond donors (Lipinski definition) is 1. The molecule has 0 bridgehead atoms. The third-order valence-electron chi connectivity index (χ3n) is 5.35. The number of nitrogens with zero attached hydrogens (tertiary/aromatic N) is 2. The van der Waals surface area contributed by atoms with Crippen molar-refractivity contribution in [3.05, 3.63) is 70.9 Å². The van der Waals surface area contributed by atoms with Gasteiger partial charge in [0.1, 0.15) is 5.69 Å². The Kier molecular flexibility index (Phi) is 5.68. The number of hydrogen-bond acceptors (Lipinski definition) is 2. The van der Waals surface area contributed by atoms with Crippen molar-refractivity contribution in [2.75, 3.05) is 0 Å². The van der Waals surface area contributed by atoms with Crippen LogP contribution in [0.4, 0.5) is 0 Å². The molecule has 0 aliphatic heterocycles. The number of rotatable bonds is 5. The molecule has 3 rings (SSSR count). The second-order valence-electron chi connectivity index (χ2n) is 7.97. The fourth-order valence-corrected chi connectivity index (χ4v) is 2.99. The fourth-order valence-electron chi connectivity index (χ4n) is 2.99. The molecule has 0 saturated carbocycles. The van der Waals surface area contributed by atoms with Crippen LogP contribution in [-0.2, 0) is 0 Å². The van der Waals surface area contributed by atoms with E-state index in [2.05, 4.69) is 51.2 Å². The van der Waals surface area contributed by atoms with Crippen molar-refractivity contribution in [3.63, 3.8) is 0 Å². The van der Waals surface area contributed by atoms with Crippen molar-refractivity contribution in [2.24, 2.45) is 5.92 Å². The highest BCUT2D eigenvalue weighted by atomic mass is 16.2. The molecule has 1 unspecified atom stereocenters. The molecule has 146 valence electrons. The van der Waals surface area contributed by atoms with Crippen LogP contribution < -0.4 is 5.32 Å². The van der Waals surface area contributed by atoms with Crippen molar-refractivity contribution in [1.82, 2.24) is 15.1 Å². The molecule has 0 aliphatic rings. The Bertz CT molecular complexity index is 1000. The number of aryl methyl sites for hydroxylation is 3. The lowest BCUT2D eigenvalue weighted by atomic mass is 10.0. The molecule has 0 spiro atoms. The lowest BCUT2D eigenvalue weighted by Gasteiger charge is -2.17. The topological polar surface area (TPSA) is 46.9 Å². The Balaban J connectivity index is 2.09. The van der Waals surface area contributed by atoms with E-state index in [0.29, 0.717) is 11.6 Å². The molecule has 2 aromatic carbocycles. The van der Waals surface area contributed by atoms with Gasteiger partial charge in [-0.15, -0.1) is 0 Å². The minimum absolute atomic E-state index is 0.0819. The predicted molar refractivity (Wildman–Crippen MR) is 115 cm³/mol. The molecule has 4 heteroatoms. The van der Waals surface area contributed by atoms with E-state index in [1.165, 1.54) is 11.1 Å². The zero-order valence-corrected chi connectivity index (χ0v) is 17.6. The Morgan fingerprint density at radius 3 is 2.36 bits per heavy atom. The van der Waals surface area contributed by atoms with E-state index in [1.54, 1.807) is 4.68 Å². The summed E-state index contributed by atoms with van der Waals surface area (Å²) >= 11 is 0. The molecule has 0 aliphatic carbocycles. The number of benzene rings is 2. The van der Waals surface area contributed by atoms with Crippen LogP contribution in [0.2, 0.25) is 0 Å². The van der Waals surface area contributed by atoms with Gasteiger partial charge in [-0.05, 0) is 74.6 Å². The summed E-state index contributed by atoms with van der Waals surface area (Å²) < 4.78 is 1.75. The predicted octanol–water partition coefficient (Wildman–Crippen LogP) is 5.24. The van der Waals surface area contributed by atoms with E-state index in [-0.39, 0.29) is 11.9 Å². The second kappa shape index (κ2) is 8.01. The molecule has 0 saturated heterocycles. The van der Waals surface area contributed by atoms with Crippen LogP contribution in [0.1, 0.15) is 48.0 Å². The van der Waals surface area contributed by atoms with Gasteiger partial charge in [0.2, 0.25) is 0 Å². The summed E-state index contributed by atoms with van der Waals surface area (Å²) in [7, 11) is 0. The van der Waals surface area contributed by atoms with E-state index in [0.717, 1.165) is 22.5 Å². The quantitative estimate of drug-likeness (QED) is 0.663. The van der Waals surface area contributed by atoms with Crippen LogP contribution in [0, 0.1) is 26.7 Å². The zero-order valence-electron chi connectivity index (χ0n) is 17.6. The minimum Gasteiger partial charge on any atom is -0.348 e. The highest BCUT2D eigenvalue weighted by Gasteiger charge is 2.20. The van der Waals surface area contributed by atoms with Crippen molar-refractivity contribution < 1.29 is 4.79 Å². The molecule has 0 radical (unpaired) electrons. The first-order valence-corrected chi connectivity index (χ1v) is 9.82. The van der Waals surface area contributed by atoms with E-state index in [9.17, 15) is 4.79 Å². The highest BCUT2D eigenvalue weighted by molar-refractivity contribution is 5.94. The van der Waals surface area contributed by atoms with Gasteiger partial charge >= 0.3 is 0 Å². The summed E-state index contributed by atoms with van der Waals surface area (Å²) in [6.07, 6.45) is 0. The van der Waals surface area contributed by atoms with E-state index >= 15 is 0 Å². The van der Waals surface area contributed by atoms with Crippen molar-refractivity contribution in [1.29, 1.82) is 0 Å². The first kappa shape index (κ1) is 19.9. The number of carbonyl (C=O) groups excluding carboxylic acids is 1. The number of aromatic nitrogens is 2. The molecular formula is C24H29N3O. The third kappa shape index (κ3) is 4.16. The molecule has 1 heterocycles. The highest BCUT2D eigenvalue weighted by Crippen LogP contribution is 2.24. The van der Waals surface area contributed by atoms with E-state index < -0.39 is 0 Å². The average Bonchev–Trinajstić information content (AvgIpc) is 3.09. The molecule has 1 aromatic heterocycles. The second-order valence-corrected chi connectivity index (χ2v) is 7.97. The van der Waals surface area contributed by atoms with Crippen LogP contribution in [0.5, 0.6) is 0 Å². The first-order chi connectivity index (χ1) is 13.3. The van der Waals surface area contributed by atoms with Gasteiger partial charge in [-0.25, -0.2) is 4.68 Å². The van der Waals surface area contributed by atoms with Gasteiger partial charge in [0.05, 0.1) is 11.4 Å². The normalized spacial score (nSPS) is 12.2. The van der Waals surface area contributed by atoms with Crippen LogP contribution in [0.25, 0.3) is 16.9 Å². The van der Waals surface area contributed by atoms with Gasteiger partial charge in [0.15, 0.2) is 0 Å². The van der Waals surface area contributed by atoms with Gasteiger partial charge in [-0.1, -0.05) is 38.1 Å². The minimum atomic E-state index is -0.106. The molecular weight excluding hydrogens is 346 g/mol. The van der Waals surface area contributed by atoms with Crippen molar-refractivity contribution >= 4 is 5.91 Å². The number of amides is 1. The first-order valence-electron chi connectivity index (χ1n) is 9.82. The summed E-state index contributed by atoms with van der Waals surface area (Å²) in [4.78, 5) is 13.0. The summed E-state index contributed by atoms with van der Waals surface area (Å²) in [6, 6.07) is 16.3. The van der Waals surface area contributed by atoms with Gasteiger partial charge in [-0.3, -0.25) is 4.79 Å². The van der Waals surface area contributed by atoms with Crippen LogP contribution in [-0.4, -0.2) is 21.7 Å². The maximum Gasteiger partial charge on any atom is 0.270 e. The largest absolute Gasteiger partial charge is 0.348 e. The lowest BCUT2D eigenvalue weighted by molar-refractivity contribution is 0.0922. The van der Waals surface area contributed by atoms with E-state index in [1.807, 2.05) is 44.2 Å². The summed E-state index contributed by atoms with van der Waals surface area (Å²) in [5, 5.41) is 7.90. The number of carbonyl (C=O) groups is 1.